The van der Waals surface area contributed by atoms with Crippen molar-refractivity contribution in [2.75, 3.05) is 72.5 Å². The zero-order valence-electron chi connectivity index (χ0n) is 46.6. The topological polar surface area (TPSA) is 197 Å². The zero-order chi connectivity index (χ0) is 54.6. The third-order valence-electron chi connectivity index (χ3n) is 11.9. The molecule has 0 aliphatic heterocycles. The number of hydrogen-bond acceptors (Lipinski definition) is 16. The number of allylic oxidation sites excluding steroid dienone is 3. The Morgan fingerprint density at radius 2 is 0.622 bits per heavy atom. The average molecular weight is 1050 g/mol. The summed E-state index contributed by atoms with van der Waals surface area (Å²) in [5.41, 5.74) is -1.54. The number of nitrogens with zero attached hydrogens (tertiary/aromatic N) is 1. The van der Waals surface area contributed by atoms with Crippen LogP contribution in [-0.4, -0.2) is 119 Å². The highest BCUT2D eigenvalue weighted by Crippen LogP contribution is 2.23. The lowest BCUT2D eigenvalue weighted by molar-refractivity contribution is -0.166. The quantitative estimate of drug-likeness (QED) is 0.0241. The van der Waals surface area contributed by atoms with Gasteiger partial charge in [-0.1, -0.05) is 110 Å². The maximum absolute atomic E-state index is 13.1. The van der Waals surface area contributed by atoms with Crippen molar-refractivity contribution in [1.82, 2.24) is 4.90 Å². The molecular weight excluding hydrogens is 951 g/mol. The second-order valence-corrected chi connectivity index (χ2v) is 18.8. The van der Waals surface area contributed by atoms with Crippen LogP contribution in [0.5, 0.6) is 0 Å². The summed E-state index contributed by atoms with van der Waals surface area (Å²) in [5, 5.41) is 0. The summed E-state index contributed by atoms with van der Waals surface area (Å²) >= 11 is 0. The van der Waals surface area contributed by atoms with Gasteiger partial charge in [0.2, 0.25) is 0 Å². The summed E-state index contributed by atoms with van der Waals surface area (Å²) < 4.78 is 43.9. The van der Waals surface area contributed by atoms with E-state index in [1.807, 2.05) is 32.1 Å². The summed E-state index contributed by atoms with van der Waals surface area (Å²) in [7, 11) is 0. The minimum absolute atomic E-state index is 0.0464. The van der Waals surface area contributed by atoms with Gasteiger partial charge in [-0.05, 0) is 116 Å². The number of carbonyl (C=O) groups is 7. The Kier molecular flexibility index (Phi) is 47.2. The molecule has 0 radical (unpaired) electrons. The highest BCUT2D eigenvalue weighted by Gasteiger charge is 2.38. The van der Waals surface area contributed by atoms with Gasteiger partial charge in [0.25, 0.3) is 0 Å². The first-order valence-corrected chi connectivity index (χ1v) is 28.3. The smallest absolute Gasteiger partial charge is 0.465 e. The molecule has 0 saturated carbocycles. The largest absolute Gasteiger partial charge is 0.508 e. The first-order valence-electron chi connectivity index (χ1n) is 28.3. The molecule has 0 saturated heterocycles. The number of carbonyl (C=O) groups excluding carboxylic acids is 7. The van der Waals surface area contributed by atoms with Crippen LogP contribution in [0.2, 0.25) is 0 Å². The van der Waals surface area contributed by atoms with Crippen molar-refractivity contribution in [3.8, 4) is 0 Å². The number of ether oxygens (including phenoxy) is 8. The van der Waals surface area contributed by atoms with Crippen LogP contribution >= 0.6 is 0 Å². The van der Waals surface area contributed by atoms with Crippen LogP contribution in [0.25, 0.3) is 0 Å². The first-order chi connectivity index (χ1) is 35.9. The Hall–Kier alpha value is -4.73. The second kappa shape index (κ2) is 50.4. The third kappa shape index (κ3) is 44.7. The van der Waals surface area contributed by atoms with E-state index in [0.29, 0.717) is 70.8 Å². The van der Waals surface area contributed by atoms with Crippen molar-refractivity contribution in [3.63, 3.8) is 0 Å². The van der Waals surface area contributed by atoms with Gasteiger partial charge in [0, 0.05) is 45.1 Å². The highest BCUT2D eigenvalue weighted by atomic mass is 16.7. The lowest BCUT2D eigenvalue weighted by Gasteiger charge is -2.31. The SMILES string of the molecule is CCCCC/C=C\CCOC(=O)CCCCC(=O)OCC(COC(=O)CCCCC(=O)OCC/C=C\CCCCC)(COC(=O)CCCCC(=O)OCC/C=C\CCCCC)COC(=O)OCCCN(CC)CC. The van der Waals surface area contributed by atoms with Crippen molar-refractivity contribution in [3.05, 3.63) is 36.5 Å². The van der Waals surface area contributed by atoms with E-state index in [0.717, 1.165) is 70.9 Å². The summed E-state index contributed by atoms with van der Waals surface area (Å²) in [6, 6.07) is 0. The maximum atomic E-state index is 13.1. The summed E-state index contributed by atoms with van der Waals surface area (Å²) in [4.78, 5) is 91.4. The van der Waals surface area contributed by atoms with Gasteiger partial charge < -0.3 is 42.8 Å². The van der Waals surface area contributed by atoms with Crippen molar-refractivity contribution < 1.29 is 71.5 Å². The van der Waals surface area contributed by atoms with E-state index in [2.05, 4.69) is 43.9 Å². The van der Waals surface area contributed by atoms with E-state index in [1.165, 1.54) is 19.3 Å². The van der Waals surface area contributed by atoms with Crippen molar-refractivity contribution in [2.24, 2.45) is 5.41 Å². The Balaban J connectivity index is 5.70. The molecule has 0 aromatic rings. The lowest BCUT2D eigenvalue weighted by Crippen LogP contribution is -2.44. The molecule has 0 amide bonds. The molecule has 74 heavy (non-hydrogen) atoms. The molecule has 0 atom stereocenters. The monoisotopic (exact) mass is 1050 g/mol. The molecule has 0 rings (SSSR count). The molecule has 0 heterocycles. The van der Waals surface area contributed by atoms with Gasteiger partial charge in [0.1, 0.15) is 31.8 Å². The van der Waals surface area contributed by atoms with Gasteiger partial charge in [-0.2, -0.15) is 0 Å². The van der Waals surface area contributed by atoms with Gasteiger partial charge in [-0.15, -0.1) is 0 Å². The molecule has 0 fully saturated rings. The molecule has 0 bridgehead atoms. The van der Waals surface area contributed by atoms with Crippen LogP contribution in [0.15, 0.2) is 36.5 Å². The lowest BCUT2D eigenvalue weighted by atomic mass is 9.92. The fraction of sp³-hybridized carbons (Fsp3) is 0.776. The van der Waals surface area contributed by atoms with Gasteiger partial charge in [0.05, 0.1) is 26.4 Å². The maximum Gasteiger partial charge on any atom is 0.508 e. The minimum atomic E-state index is -1.54. The van der Waals surface area contributed by atoms with Gasteiger partial charge in [0.15, 0.2) is 0 Å². The van der Waals surface area contributed by atoms with Crippen LogP contribution in [0.3, 0.4) is 0 Å². The molecule has 0 N–H and O–H groups in total. The van der Waals surface area contributed by atoms with Gasteiger partial charge in [-0.3, -0.25) is 28.8 Å². The Morgan fingerprint density at radius 1 is 0.324 bits per heavy atom. The molecule has 0 aromatic heterocycles. The Labute approximate surface area is 445 Å². The van der Waals surface area contributed by atoms with E-state index >= 15 is 0 Å². The molecule has 16 nitrogen and oxygen atoms in total. The summed E-state index contributed by atoms with van der Waals surface area (Å²) in [6.07, 6.45) is 29.6. The predicted octanol–water partition coefficient (Wildman–Crippen LogP) is 12.4. The fourth-order valence-corrected chi connectivity index (χ4v) is 7.20. The van der Waals surface area contributed by atoms with E-state index in [4.69, 9.17) is 37.9 Å². The highest BCUT2D eigenvalue weighted by molar-refractivity contribution is 5.72. The number of esters is 6. The first kappa shape index (κ1) is 69.3. The third-order valence-corrected chi connectivity index (χ3v) is 11.9. The van der Waals surface area contributed by atoms with Crippen LogP contribution in [0.1, 0.15) is 214 Å². The Bertz CT molecular complexity index is 1410. The second-order valence-electron chi connectivity index (χ2n) is 18.8. The van der Waals surface area contributed by atoms with E-state index in [9.17, 15) is 33.6 Å². The number of unbranched alkanes of at least 4 members (excludes halogenated alkanes) is 12. The normalized spacial score (nSPS) is 11.6. The molecular formula is C58H99NO15. The van der Waals surface area contributed by atoms with E-state index < -0.39 is 55.9 Å². The minimum Gasteiger partial charge on any atom is -0.465 e. The molecule has 0 aromatic carbocycles. The fourth-order valence-electron chi connectivity index (χ4n) is 7.20. The standard InChI is InChI=1S/C58H99NO15/c1-6-11-14-17-20-23-32-43-67-51(60)36-26-29-39-54(63)71-47-58(50-74-57(66)70-46-35-42-59(9-4)10-5,48-72-55(64)40-30-27-37-52(61)68-44-33-24-21-18-15-12-7-2)49-73-56(65)41-31-28-38-53(62)69-45-34-25-22-19-16-13-8-3/h20-25H,6-19,26-50H2,1-5H3/b23-20-,24-21-,25-22-. The average Bonchev–Trinajstić information content (AvgIpc) is 3.39. The molecule has 426 valence electrons. The van der Waals surface area contributed by atoms with Crippen molar-refractivity contribution >= 4 is 42.0 Å². The molecule has 0 aliphatic rings. The number of rotatable bonds is 50. The molecule has 0 unspecified atom stereocenters. The van der Waals surface area contributed by atoms with Crippen LogP contribution in [-0.2, 0) is 66.7 Å². The van der Waals surface area contributed by atoms with Crippen molar-refractivity contribution in [2.45, 2.75) is 214 Å². The molecule has 16 heteroatoms. The van der Waals surface area contributed by atoms with Crippen molar-refractivity contribution in [1.29, 1.82) is 0 Å². The van der Waals surface area contributed by atoms with E-state index in [-0.39, 0.29) is 82.9 Å². The zero-order valence-corrected chi connectivity index (χ0v) is 46.6. The van der Waals surface area contributed by atoms with Crippen LogP contribution < -0.4 is 0 Å². The number of hydrogen-bond donors (Lipinski definition) is 0. The molecule has 0 aliphatic carbocycles. The predicted molar refractivity (Wildman–Crippen MR) is 287 cm³/mol. The van der Waals surface area contributed by atoms with Gasteiger partial charge >= 0.3 is 42.0 Å². The van der Waals surface area contributed by atoms with Gasteiger partial charge in [-0.25, -0.2) is 4.79 Å². The summed E-state index contributed by atoms with van der Waals surface area (Å²) in [5.74, 6) is -2.95. The Morgan fingerprint density at radius 3 is 0.932 bits per heavy atom. The van der Waals surface area contributed by atoms with Crippen LogP contribution in [0.4, 0.5) is 4.79 Å². The van der Waals surface area contributed by atoms with Crippen LogP contribution in [0, 0.1) is 5.41 Å². The summed E-state index contributed by atoms with van der Waals surface area (Å²) in [6.45, 7) is 12.0. The van der Waals surface area contributed by atoms with E-state index in [1.54, 1.807) is 0 Å². The molecule has 0 spiro atoms.